The number of carbonyl (C=O) groups excluding carboxylic acids is 1. The van der Waals surface area contributed by atoms with Gasteiger partial charge in [-0.05, 0) is 12.8 Å². The third kappa shape index (κ3) is 16.0. The Morgan fingerprint density at radius 3 is 1.36 bits per heavy atom. The summed E-state index contributed by atoms with van der Waals surface area (Å²) in [6.45, 7) is 4.57. The summed E-state index contributed by atoms with van der Waals surface area (Å²) in [5.41, 5.74) is 0. The minimum absolute atomic E-state index is 0.327. The summed E-state index contributed by atoms with van der Waals surface area (Å²) in [6, 6.07) is 0. The summed E-state index contributed by atoms with van der Waals surface area (Å²) in [7, 11) is 2.05. The highest BCUT2D eigenvalue weighted by molar-refractivity contribution is 5.90. The predicted octanol–water partition coefficient (Wildman–Crippen LogP) is 11.0. The summed E-state index contributed by atoms with van der Waals surface area (Å²) in [6.07, 6.45) is 37.9. The first kappa shape index (κ1) is 33.1. The smallest absolute Gasteiger partial charge is 0.230 e. The van der Waals surface area contributed by atoms with Crippen molar-refractivity contribution in [2.24, 2.45) is 4.99 Å². The number of nitrogens with zero attached hydrogens (tertiary/aromatic N) is 2. The van der Waals surface area contributed by atoms with E-state index in [4.69, 9.17) is 0 Å². The van der Waals surface area contributed by atoms with E-state index in [-0.39, 0.29) is 0 Å². The van der Waals surface area contributed by atoms with Gasteiger partial charge in [0.05, 0.1) is 19.7 Å². The normalized spacial score (nSPS) is 17.1. The van der Waals surface area contributed by atoms with Gasteiger partial charge < -0.3 is 0 Å². The van der Waals surface area contributed by atoms with E-state index in [1.54, 1.807) is 0 Å². The molecule has 1 atom stereocenters. The van der Waals surface area contributed by atoms with Crippen molar-refractivity contribution in [3.8, 4) is 0 Å². The van der Waals surface area contributed by atoms with Gasteiger partial charge >= 0.3 is 5.91 Å². The maximum absolute atomic E-state index is 13.0. The van der Waals surface area contributed by atoms with Gasteiger partial charge in [-0.2, -0.15) is 4.48 Å². The number of amidine groups is 1. The zero-order valence-corrected chi connectivity index (χ0v) is 24.8. The molecule has 1 aliphatic rings. The van der Waals surface area contributed by atoms with Crippen LogP contribution in [0.5, 0.6) is 0 Å². The molecule has 0 aromatic carbocycles. The maximum Gasteiger partial charge on any atom is 0.324 e. The molecular formula is C33H63N2O+. The molecular weight excluding hydrogens is 440 g/mol. The zero-order valence-electron chi connectivity index (χ0n) is 24.8. The molecule has 1 heterocycles. The number of quaternary nitrogens is 1. The van der Waals surface area contributed by atoms with Crippen LogP contribution < -0.4 is 0 Å². The second-order valence-electron chi connectivity index (χ2n) is 11.6. The van der Waals surface area contributed by atoms with Crippen molar-refractivity contribution in [3.63, 3.8) is 0 Å². The van der Waals surface area contributed by atoms with Gasteiger partial charge in [0, 0.05) is 6.42 Å². The molecule has 0 N–H and O–H groups in total. The van der Waals surface area contributed by atoms with Crippen LogP contribution in [0.4, 0.5) is 0 Å². The van der Waals surface area contributed by atoms with Crippen molar-refractivity contribution in [2.75, 3.05) is 7.05 Å². The highest BCUT2D eigenvalue weighted by Crippen LogP contribution is 2.22. The fourth-order valence-electron chi connectivity index (χ4n) is 5.46. The van der Waals surface area contributed by atoms with Gasteiger partial charge in [0.2, 0.25) is 5.84 Å². The highest BCUT2D eigenvalue weighted by atomic mass is 16.2. The quantitative estimate of drug-likeness (QED) is 0.0852. The monoisotopic (exact) mass is 503 g/mol. The number of hydrogen-bond acceptors (Lipinski definition) is 2. The molecule has 0 bridgehead atoms. The first-order chi connectivity index (χ1) is 17.6. The van der Waals surface area contributed by atoms with Crippen LogP contribution in [0.25, 0.3) is 0 Å². The van der Waals surface area contributed by atoms with Crippen LogP contribution in [-0.4, -0.2) is 23.3 Å². The molecule has 1 aliphatic heterocycles. The van der Waals surface area contributed by atoms with Crippen molar-refractivity contribution in [1.29, 1.82) is 0 Å². The van der Waals surface area contributed by atoms with Crippen molar-refractivity contribution in [2.45, 2.75) is 181 Å². The van der Waals surface area contributed by atoms with Crippen LogP contribution in [-0.2, 0) is 4.79 Å². The highest BCUT2D eigenvalue weighted by Gasteiger charge is 2.37. The van der Waals surface area contributed by atoms with Crippen LogP contribution in [0.2, 0.25) is 0 Å². The Balaban J connectivity index is 2.01. The Morgan fingerprint density at radius 2 is 0.944 bits per heavy atom. The molecule has 1 rings (SSSR count). The van der Waals surface area contributed by atoms with Gasteiger partial charge in [-0.25, -0.2) is 9.79 Å². The Kier molecular flexibility index (Phi) is 21.3. The molecule has 1 amide bonds. The fraction of sp³-hybridized carbons (Fsp3) is 0.879. The summed E-state index contributed by atoms with van der Waals surface area (Å²) in [5, 5.41) is 0. The maximum atomic E-state index is 13.0. The predicted molar refractivity (Wildman–Crippen MR) is 159 cm³/mol. The van der Waals surface area contributed by atoms with Crippen LogP contribution in [0, 0.1) is 0 Å². The van der Waals surface area contributed by atoms with Gasteiger partial charge in [0.25, 0.3) is 0 Å². The Hall–Kier alpha value is -0.960. The standard InChI is InChI=1S/C33H63N2O/c1-4-6-8-10-12-14-16-17-19-21-23-25-27-29-33(36)35(3)31-30-34-32(35)28-26-24-22-20-18-15-13-11-9-7-5-2/h30-31H,4-29H2,1-3H3/q+1. The van der Waals surface area contributed by atoms with Crippen molar-refractivity contribution < 1.29 is 9.28 Å². The van der Waals surface area contributed by atoms with E-state index in [0.717, 1.165) is 25.1 Å². The van der Waals surface area contributed by atoms with Gasteiger partial charge in [-0.15, -0.1) is 0 Å². The largest absolute Gasteiger partial charge is 0.324 e. The fourth-order valence-corrected chi connectivity index (χ4v) is 5.46. The van der Waals surface area contributed by atoms with Crippen molar-refractivity contribution in [3.05, 3.63) is 12.4 Å². The van der Waals surface area contributed by atoms with Gasteiger partial charge in [-0.3, -0.25) is 0 Å². The summed E-state index contributed by atoms with van der Waals surface area (Å²) >= 11 is 0. The molecule has 0 aliphatic carbocycles. The summed E-state index contributed by atoms with van der Waals surface area (Å²) in [5.74, 6) is 1.39. The molecule has 3 heteroatoms. The molecule has 0 aromatic heterocycles. The molecule has 36 heavy (non-hydrogen) atoms. The third-order valence-electron chi connectivity index (χ3n) is 8.14. The molecule has 0 spiro atoms. The van der Waals surface area contributed by atoms with Gasteiger partial charge in [0.1, 0.15) is 6.20 Å². The molecule has 0 saturated carbocycles. The number of amides is 1. The lowest BCUT2D eigenvalue weighted by Crippen LogP contribution is -2.47. The average Bonchev–Trinajstić information content (AvgIpc) is 3.26. The lowest BCUT2D eigenvalue weighted by Gasteiger charge is -2.25. The van der Waals surface area contributed by atoms with E-state index in [9.17, 15) is 4.79 Å². The summed E-state index contributed by atoms with van der Waals surface area (Å²) in [4.78, 5) is 17.6. The second-order valence-corrected chi connectivity index (χ2v) is 11.6. The molecule has 0 aromatic rings. The lowest BCUT2D eigenvalue weighted by molar-refractivity contribution is -0.683. The number of aliphatic imine (C=N–C) groups is 1. The number of carbonyl (C=O) groups is 1. The molecule has 0 radical (unpaired) electrons. The van der Waals surface area contributed by atoms with E-state index in [1.165, 1.54) is 141 Å². The SMILES string of the molecule is CCCCCCCCCCCCCCCC(=O)[N+]1(C)C=CN=C1CCCCCCCCCCCCC. The molecule has 3 nitrogen and oxygen atoms in total. The number of unbranched alkanes of at least 4 members (excludes halogenated alkanes) is 22. The minimum Gasteiger partial charge on any atom is -0.230 e. The Labute approximate surface area is 226 Å². The average molecular weight is 504 g/mol. The molecule has 0 fully saturated rings. The van der Waals surface area contributed by atoms with Crippen molar-refractivity contribution in [1.82, 2.24) is 0 Å². The Bertz CT molecular complexity index is 582. The molecule has 210 valence electrons. The summed E-state index contributed by atoms with van der Waals surface area (Å²) < 4.78 is 0.329. The van der Waals surface area contributed by atoms with Gasteiger partial charge in [-0.1, -0.05) is 155 Å². The van der Waals surface area contributed by atoms with E-state index in [1.807, 2.05) is 19.4 Å². The molecule has 0 saturated heterocycles. The Morgan fingerprint density at radius 1 is 0.583 bits per heavy atom. The zero-order chi connectivity index (χ0) is 26.2. The van der Waals surface area contributed by atoms with E-state index in [2.05, 4.69) is 18.8 Å². The van der Waals surface area contributed by atoms with Gasteiger partial charge in [0.15, 0.2) is 0 Å². The van der Waals surface area contributed by atoms with Crippen LogP contribution >= 0.6 is 0 Å². The topological polar surface area (TPSA) is 29.4 Å². The van der Waals surface area contributed by atoms with Crippen LogP contribution in [0.1, 0.15) is 181 Å². The lowest BCUT2D eigenvalue weighted by atomic mass is 10.0. The number of hydrogen-bond donors (Lipinski definition) is 0. The van der Waals surface area contributed by atoms with Crippen LogP contribution in [0.15, 0.2) is 17.4 Å². The minimum atomic E-state index is 0.327. The first-order valence-corrected chi connectivity index (χ1v) is 16.3. The third-order valence-corrected chi connectivity index (χ3v) is 8.14. The van der Waals surface area contributed by atoms with E-state index < -0.39 is 0 Å². The van der Waals surface area contributed by atoms with Crippen LogP contribution in [0.3, 0.4) is 0 Å². The van der Waals surface area contributed by atoms with Crippen molar-refractivity contribution >= 4 is 11.7 Å². The molecule has 1 unspecified atom stereocenters. The number of rotatable bonds is 26. The second kappa shape index (κ2) is 23.2. The van der Waals surface area contributed by atoms with E-state index in [0.29, 0.717) is 16.8 Å². The first-order valence-electron chi connectivity index (χ1n) is 16.3. The van der Waals surface area contributed by atoms with E-state index >= 15 is 0 Å².